The van der Waals surface area contributed by atoms with Crippen molar-refractivity contribution in [3.8, 4) is 0 Å². The molecule has 0 aromatic carbocycles. The zero-order valence-electron chi connectivity index (χ0n) is 14.5. The average Bonchev–Trinajstić information content (AvgIpc) is 2.71. The van der Waals surface area contributed by atoms with Crippen LogP contribution in [-0.4, -0.2) is 62.3 Å². The number of amides is 1. The molecule has 2 aliphatic rings. The van der Waals surface area contributed by atoms with Crippen molar-refractivity contribution in [1.82, 2.24) is 24.4 Å². The average molecular weight is 372 g/mol. The normalized spacial score (nSPS) is 20.0. The van der Waals surface area contributed by atoms with E-state index in [1.807, 2.05) is 4.90 Å². The van der Waals surface area contributed by atoms with E-state index in [-0.39, 0.29) is 17.4 Å². The van der Waals surface area contributed by atoms with Gasteiger partial charge in [0.25, 0.3) is 5.56 Å². The van der Waals surface area contributed by atoms with Crippen LogP contribution >= 0.6 is 11.8 Å². The minimum atomic E-state index is -0.187. The van der Waals surface area contributed by atoms with Gasteiger partial charge in [0.1, 0.15) is 0 Å². The summed E-state index contributed by atoms with van der Waals surface area (Å²) < 4.78 is 1.64. The molecule has 136 valence electrons. The Morgan fingerprint density at radius 3 is 2.62 bits per heavy atom. The molecule has 2 aromatic rings. The van der Waals surface area contributed by atoms with Crippen molar-refractivity contribution in [2.45, 2.75) is 18.6 Å². The van der Waals surface area contributed by atoms with Crippen molar-refractivity contribution in [2.75, 3.05) is 36.8 Å². The summed E-state index contributed by atoms with van der Waals surface area (Å²) in [7, 11) is 0. The van der Waals surface area contributed by atoms with Gasteiger partial charge in [-0.3, -0.25) is 14.2 Å². The second-order valence-corrected chi connectivity index (χ2v) is 7.50. The highest BCUT2D eigenvalue weighted by atomic mass is 32.2. The molecule has 0 radical (unpaired) electrons. The Morgan fingerprint density at radius 2 is 1.88 bits per heavy atom. The van der Waals surface area contributed by atoms with Crippen molar-refractivity contribution in [2.24, 2.45) is 5.92 Å². The maximum Gasteiger partial charge on any atom is 0.257 e. The fraction of sp³-hybridized carbons (Fsp3) is 0.471. The second kappa shape index (κ2) is 7.06. The number of aromatic nitrogens is 4. The van der Waals surface area contributed by atoms with Crippen LogP contribution in [0.4, 0.5) is 5.95 Å². The number of hydrogen-bond donors (Lipinski definition) is 0. The van der Waals surface area contributed by atoms with E-state index in [1.165, 1.54) is 11.8 Å². The lowest BCUT2D eigenvalue weighted by Crippen LogP contribution is -2.52. The molecular weight excluding hydrogens is 352 g/mol. The van der Waals surface area contributed by atoms with E-state index in [2.05, 4.69) is 19.9 Å². The van der Waals surface area contributed by atoms with Gasteiger partial charge in [-0.05, 0) is 13.0 Å². The van der Waals surface area contributed by atoms with Gasteiger partial charge in [0.15, 0.2) is 5.16 Å². The lowest BCUT2D eigenvalue weighted by molar-refractivity contribution is -0.135. The molecule has 9 heteroatoms. The number of nitrogens with zero attached hydrogens (tertiary/aromatic N) is 6. The summed E-state index contributed by atoms with van der Waals surface area (Å²) in [6, 6.07) is 1.79. The first-order valence-corrected chi connectivity index (χ1v) is 9.62. The van der Waals surface area contributed by atoms with Crippen LogP contribution in [-0.2, 0) is 11.3 Å². The molecule has 2 aromatic heterocycles. The van der Waals surface area contributed by atoms with Gasteiger partial charge in [-0.1, -0.05) is 11.8 Å². The first kappa shape index (κ1) is 17.0. The van der Waals surface area contributed by atoms with Gasteiger partial charge in [0, 0.05) is 62.6 Å². The molecule has 0 bridgehead atoms. The molecule has 1 saturated heterocycles. The Hall–Kier alpha value is -2.42. The van der Waals surface area contributed by atoms with Gasteiger partial charge < -0.3 is 9.80 Å². The van der Waals surface area contributed by atoms with Crippen LogP contribution < -0.4 is 10.5 Å². The van der Waals surface area contributed by atoms with E-state index in [4.69, 9.17) is 0 Å². The van der Waals surface area contributed by atoms with Gasteiger partial charge in [0.05, 0.1) is 5.92 Å². The Bertz CT molecular complexity index is 863. The fourth-order valence-electron chi connectivity index (χ4n) is 3.29. The van der Waals surface area contributed by atoms with Crippen molar-refractivity contribution in [3.63, 3.8) is 0 Å². The standard InChI is InChI=1S/C17H20N6O2S/c1-12-9-20-17-23(14(12)24)10-13(11-26-17)15(25)21-5-7-22(8-6-21)16-18-3-2-4-19-16/h2-4,9,13H,5-8,10-11H2,1H3/t13-/m0/s1. The van der Waals surface area contributed by atoms with E-state index in [9.17, 15) is 9.59 Å². The van der Waals surface area contributed by atoms with Crippen LogP contribution in [0, 0.1) is 12.8 Å². The van der Waals surface area contributed by atoms with E-state index in [0.29, 0.717) is 55.1 Å². The molecule has 1 amide bonds. The summed E-state index contributed by atoms with van der Waals surface area (Å²) in [6.45, 7) is 4.89. The molecule has 0 saturated carbocycles. The highest BCUT2D eigenvalue weighted by Gasteiger charge is 2.32. The molecular formula is C17H20N6O2S. The predicted octanol–water partition coefficient (Wildman–Crippen LogP) is 0.412. The molecule has 8 nitrogen and oxygen atoms in total. The summed E-state index contributed by atoms with van der Waals surface area (Å²) in [5.41, 5.74) is 0.560. The third kappa shape index (κ3) is 3.18. The highest BCUT2D eigenvalue weighted by molar-refractivity contribution is 7.99. The maximum absolute atomic E-state index is 12.9. The van der Waals surface area contributed by atoms with Gasteiger partial charge in [-0.15, -0.1) is 0 Å². The molecule has 4 rings (SSSR count). The molecule has 26 heavy (non-hydrogen) atoms. The monoisotopic (exact) mass is 372 g/mol. The van der Waals surface area contributed by atoms with E-state index in [0.717, 1.165) is 0 Å². The van der Waals surface area contributed by atoms with Gasteiger partial charge in [0.2, 0.25) is 11.9 Å². The van der Waals surface area contributed by atoms with Crippen molar-refractivity contribution in [3.05, 3.63) is 40.6 Å². The number of carbonyl (C=O) groups is 1. The Kier molecular flexibility index (Phi) is 4.62. The van der Waals surface area contributed by atoms with Crippen molar-refractivity contribution in [1.29, 1.82) is 0 Å². The largest absolute Gasteiger partial charge is 0.339 e. The topological polar surface area (TPSA) is 84.2 Å². The molecule has 2 aliphatic heterocycles. The van der Waals surface area contributed by atoms with Crippen LogP contribution in [0.2, 0.25) is 0 Å². The minimum Gasteiger partial charge on any atom is -0.339 e. The molecule has 0 spiro atoms. The predicted molar refractivity (Wildman–Crippen MR) is 98.3 cm³/mol. The number of fused-ring (bicyclic) bond motifs is 1. The quantitative estimate of drug-likeness (QED) is 0.706. The van der Waals surface area contributed by atoms with Gasteiger partial charge in [-0.2, -0.15) is 0 Å². The van der Waals surface area contributed by atoms with Crippen LogP contribution in [0.15, 0.2) is 34.6 Å². The minimum absolute atomic E-state index is 0.0500. The third-order valence-electron chi connectivity index (χ3n) is 4.77. The smallest absolute Gasteiger partial charge is 0.257 e. The molecule has 0 aliphatic carbocycles. The van der Waals surface area contributed by atoms with Gasteiger partial charge >= 0.3 is 0 Å². The summed E-state index contributed by atoms with van der Waals surface area (Å²) >= 11 is 1.48. The number of anilines is 1. The summed E-state index contributed by atoms with van der Waals surface area (Å²) in [6.07, 6.45) is 5.06. The number of piperazine rings is 1. The zero-order valence-corrected chi connectivity index (χ0v) is 15.4. The summed E-state index contributed by atoms with van der Waals surface area (Å²) in [4.78, 5) is 42.1. The molecule has 1 fully saturated rings. The molecule has 4 heterocycles. The fourth-order valence-corrected chi connectivity index (χ4v) is 4.33. The second-order valence-electron chi connectivity index (χ2n) is 6.51. The third-order valence-corrected chi connectivity index (χ3v) is 5.93. The summed E-state index contributed by atoms with van der Waals surface area (Å²) in [5.74, 6) is 1.30. The lowest BCUT2D eigenvalue weighted by atomic mass is 10.1. The first-order valence-electron chi connectivity index (χ1n) is 8.63. The SMILES string of the molecule is Cc1cnc2n(c1=O)C[C@H](C(=O)N1CCN(c3ncccn3)CC1)CS2. The number of aryl methyl sites for hydroxylation is 1. The number of hydrogen-bond acceptors (Lipinski definition) is 7. The maximum atomic E-state index is 12.9. The summed E-state index contributed by atoms with van der Waals surface area (Å²) in [5, 5.41) is 0.704. The van der Waals surface area contributed by atoms with E-state index >= 15 is 0 Å². The van der Waals surface area contributed by atoms with Crippen molar-refractivity contribution >= 4 is 23.6 Å². The zero-order chi connectivity index (χ0) is 18.1. The Balaban J connectivity index is 1.41. The first-order chi connectivity index (χ1) is 12.6. The molecule has 0 unspecified atom stereocenters. The van der Waals surface area contributed by atoms with Crippen LogP contribution in [0.1, 0.15) is 5.56 Å². The van der Waals surface area contributed by atoms with Crippen LogP contribution in [0.3, 0.4) is 0 Å². The van der Waals surface area contributed by atoms with Crippen LogP contribution in [0.25, 0.3) is 0 Å². The van der Waals surface area contributed by atoms with Crippen molar-refractivity contribution < 1.29 is 4.79 Å². The number of carbonyl (C=O) groups excluding carboxylic acids is 1. The Morgan fingerprint density at radius 1 is 1.15 bits per heavy atom. The van der Waals surface area contributed by atoms with E-state index in [1.54, 1.807) is 36.1 Å². The van der Waals surface area contributed by atoms with Crippen LogP contribution in [0.5, 0.6) is 0 Å². The number of rotatable bonds is 2. The number of thioether (sulfide) groups is 1. The molecule has 0 N–H and O–H groups in total. The van der Waals surface area contributed by atoms with E-state index < -0.39 is 0 Å². The van der Waals surface area contributed by atoms with Gasteiger partial charge in [-0.25, -0.2) is 15.0 Å². The highest BCUT2D eigenvalue weighted by Crippen LogP contribution is 2.26. The molecule has 1 atom stereocenters. The Labute approximate surface area is 155 Å². The lowest BCUT2D eigenvalue weighted by Gasteiger charge is -2.37.